The Balaban J connectivity index is 1.55. The minimum atomic E-state index is -0.594. The van der Waals surface area contributed by atoms with Crippen LogP contribution in [0, 0.1) is 12.8 Å². The second-order valence-corrected chi connectivity index (χ2v) is 8.70. The number of rotatable bonds is 5. The average Bonchev–Trinajstić information content (AvgIpc) is 3.04. The molecule has 0 amide bonds. The van der Waals surface area contributed by atoms with Gasteiger partial charge in [0, 0.05) is 24.6 Å². The second kappa shape index (κ2) is 7.98. The van der Waals surface area contributed by atoms with Gasteiger partial charge in [-0.2, -0.15) is 5.10 Å². The molecule has 1 aliphatic heterocycles. The van der Waals surface area contributed by atoms with Crippen LogP contribution in [0.1, 0.15) is 56.9 Å². The summed E-state index contributed by atoms with van der Waals surface area (Å²) >= 11 is 0. The normalized spacial score (nSPS) is 18.0. The smallest absolute Gasteiger partial charge is 0.266 e. The van der Waals surface area contributed by atoms with Crippen molar-refractivity contribution in [3.05, 3.63) is 51.8 Å². The minimum absolute atomic E-state index is 0.0333. The molecular weight excluding hydrogens is 342 g/mol. The van der Waals surface area contributed by atoms with Crippen molar-refractivity contribution in [1.82, 2.24) is 14.7 Å². The predicted octanol–water partition coefficient (Wildman–Crippen LogP) is 2.89. The summed E-state index contributed by atoms with van der Waals surface area (Å²) in [6.45, 7) is 11.3. The third kappa shape index (κ3) is 5.08. The van der Waals surface area contributed by atoms with Crippen molar-refractivity contribution in [2.75, 3.05) is 19.6 Å². The number of nitrogens with zero attached hydrogens (tertiary/aromatic N) is 3. The number of aryl methyl sites for hydroxylation is 1. The lowest BCUT2D eigenvalue weighted by atomic mass is 9.92. The zero-order valence-corrected chi connectivity index (χ0v) is 16.8. The maximum absolute atomic E-state index is 12.2. The minimum Gasteiger partial charge on any atom is -0.464 e. The summed E-state index contributed by atoms with van der Waals surface area (Å²) in [6.07, 6.45) is 1.40. The summed E-state index contributed by atoms with van der Waals surface area (Å²) in [5, 5.41) is 14.9. The number of piperidine rings is 1. The van der Waals surface area contributed by atoms with Gasteiger partial charge in [0.15, 0.2) is 0 Å². The molecular formula is C21H31N3O3. The van der Waals surface area contributed by atoms with Gasteiger partial charge in [-0.1, -0.05) is 20.8 Å². The highest BCUT2D eigenvalue weighted by Gasteiger charge is 2.24. The monoisotopic (exact) mass is 373 g/mol. The number of aliphatic hydroxyl groups excluding tert-OH is 1. The Labute approximate surface area is 160 Å². The van der Waals surface area contributed by atoms with Crippen LogP contribution in [-0.4, -0.2) is 39.4 Å². The summed E-state index contributed by atoms with van der Waals surface area (Å²) in [5.41, 5.74) is 0.838. The van der Waals surface area contributed by atoms with Gasteiger partial charge in [0.25, 0.3) is 5.56 Å². The molecule has 2 aromatic heterocycles. The van der Waals surface area contributed by atoms with Crippen LogP contribution in [0.4, 0.5) is 0 Å². The Morgan fingerprint density at radius 1 is 1.22 bits per heavy atom. The molecule has 0 bridgehead atoms. The van der Waals surface area contributed by atoms with Crippen LogP contribution < -0.4 is 5.56 Å². The number of aliphatic hydroxyl groups is 1. The van der Waals surface area contributed by atoms with E-state index in [2.05, 4.69) is 30.8 Å². The van der Waals surface area contributed by atoms with Crippen molar-refractivity contribution in [2.45, 2.75) is 58.6 Å². The third-order valence-corrected chi connectivity index (χ3v) is 5.29. The van der Waals surface area contributed by atoms with Crippen molar-refractivity contribution in [2.24, 2.45) is 5.92 Å². The van der Waals surface area contributed by atoms with Gasteiger partial charge >= 0.3 is 0 Å². The summed E-state index contributed by atoms with van der Waals surface area (Å²) in [6, 6.07) is 7.18. The molecule has 6 heteroatoms. The fourth-order valence-electron chi connectivity index (χ4n) is 3.54. The lowest BCUT2D eigenvalue weighted by molar-refractivity contribution is 0.0718. The maximum Gasteiger partial charge on any atom is 0.266 e. The molecule has 1 N–H and O–H groups in total. The Bertz CT molecular complexity index is 811. The van der Waals surface area contributed by atoms with Gasteiger partial charge in [-0.15, -0.1) is 0 Å². The molecule has 27 heavy (non-hydrogen) atoms. The zero-order valence-electron chi connectivity index (χ0n) is 16.8. The number of aromatic nitrogens is 2. The maximum atomic E-state index is 12.2. The zero-order chi connectivity index (χ0) is 19.6. The lowest BCUT2D eigenvalue weighted by Gasteiger charge is -2.33. The predicted molar refractivity (Wildman–Crippen MR) is 105 cm³/mol. The molecule has 0 saturated carbocycles. The molecule has 0 radical (unpaired) electrons. The van der Waals surface area contributed by atoms with E-state index in [0.29, 0.717) is 24.8 Å². The molecule has 3 rings (SSSR count). The Morgan fingerprint density at radius 2 is 1.93 bits per heavy atom. The highest BCUT2D eigenvalue weighted by atomic mass is 16.4. The van der Waals surface area contributed by atoms with Gasteiger partial charge in [0.2, 0.25) is 0 Å². The van der Waals surface area contributed by atoms with Gasteiger partial charge in [0.1, 0.15) is 17.6 Å². The van der Waals surface area contributed by atoms with Gasteiger partial charge in [0.05, 0.1) is 5.69 Å². The molecule has 2 aromatic rings. The molecule has 1 saturated heterocycles. The standard InChI is InChI=1S/C21H31N3O3/c1-15-5-6-18(27-15)17(25)14-23-11-9-16(10-12-23)13-24-20(26)8-7-19(22-24)21(2,3)4/h5-8,16-17,25H,9-14H2,1-4H3. The number of likely N-dealkylation sites (tertiary alicyclic amines) is 1. The first kappa shape index (κ1) is 19.8. The van der Waals surface area contributed by atoms with E-state index in [-0.39, 0.29) is 11.0 Å². The molecule has 3 heterocycles. The van der Waals surface area contributed by atoms with E-state index in [4.69, 9.17) is 4.42 Å². The first-order valence-electron chi connectivity index (χ1n) is 9.78. The van der Waals surface area contributed by atoms with Gasteiger partial charge < -0.3 is 14.4 Å². The van der Waals surface area contributed by atoms with E-state index in [0.717, 1.165) is 37.4 Å². The Hall–Kier alpha value is -1.92. The molecule has 1 fully saturated rings. The number of furan rings is 1. The van der Waals surface area contributed by atoms with Crippen molar-refractivity contribution >= 4 is 0 Å². The van der Waals surface area contributed by atoms with Crippen molar-refractivity contribution in [3.8, 4) is 0 Å². The van der Waals surface area contributed by atoms with E-state index in [9.17, 15) is 9.90 Å². The molecule has 1 atom stereocenters. The van der Waals surface area contributed by atoms with Gasteiger partial charge in [-0.3, -0.25) is 4.79 Å². The van der Waals surface area contributed by atoms with E-state index in [1.165, 1.54) is 0 Å². The molecule has 0 aromatic carbocycles. The SMILES string of the molecule is Cc1ccc(C(O)CN2CCC(Cn3nc(C(C)(C)C)ccc3=O)CC2)o1. The van der Waals surface area contributed by atoms with Crippen LogP contribution in [-0.2, 0) is 12.0 Å². The van der Waals surface area contributed by atoms with E-state index in [1.54, 1.807) is 10.7 Å². The lowest BCUT2D eigenvalue weighted by Crippen LogP contribution is -2.39. The first-order valence-corrected chi connectivity index (χ1v) is 9.78. The van der Waals surface area contributed by atoms with E-state index < -0.39 is 6.10 Å². The van der Waals surface area contributed by atoms with E-state index >= 15 is 0 Å². The van der Waals surface area contributed by atoms with Crippen LogP contribution in [0.3, 0.4) is 0 Å². The van der Waals surface area contributed by atoms with Crippen LogP contribution in [0.25, 0.3) is 0 Å². The van der Waals surface area contributed by atoms with Crippen molar-refractivity contribution < 1.29 is 9.52 Å². The highest BCUT2D eigenvalue weighted by Crippen LogP contribution is 2.23. The second-order valence-electron chi connectivity index (χ2n) is 8.70. The largest absolute Gasteiger partial charge is 0.464 e. The summed E-state index contributed by atoms with van der Waals surface area (Å²) in [5.74, 6) is 1.88. The quantitative estimate of drug-likeness (QED) is 0.873. The van der Waals surface area contributed by atoms with Crippen LogP contribution in [0.2, 0.25) is 0 Å². The van der Waals surface area contributed by atoms with Crippen molar-refractivity contribution in [1.29, 1.82) is 0 Å². The Morgan fingerprint density at radius 3 is 2.52 bits per heavy atom. The number of β-amino-alcohol motifs (C(OH)–C–C–N with tert-alkyl or cyclic N) is 1. The molecule has 0 spiro atoms. The third-order valence-electron chi connectivity index (χ3n) is 5.29. The number of hydrogen-bond donors (Lipinski definition) is 1. The van der Waals surface area contributed by atoms with Crippen LogP contribution >= 0.6 is 0 Å². The van der Waals surface area contributed by atoms with Gasteiger partial charge in [-0.25, -0.2) is 4.68 Å². The highest BCUT2D eigenvalue weighted by molar-refractivity contribution is 5.11. The fourth-order valence-corrected chi connectivity index (χ4v) is 3.54. The summed E-state index contributed by atoms with van der Waals surface area (Å²) in [4.78, 5) is 14.5. The average molecular weight is 373 g/mol. The van der Waals surface area contributed by atoms with Gasteiger partial charge in [-0.05, 0) is 57.0 Å². The summed E-state index contributed by atoms with van der Waals surface area (Å²) < 4.78 is 7.14. The summed E-state index contributed by atoms with van der Waals surface area (Å²) in [7, 11) is 0. The topological polar surface area (TPSA) is 71.5 Å². The van der Waals surface area contributed by atoms with E-state index in [1.807, 2.05) is 25.1 Å². The first-order chi connectivity index (χ1) is 12.7. The van der Waals surface area contributed by atoms with Crippen LogP contribution in [0.15, 0.2) is 33.5 Å². The fraction of sp³-hybridized carbons (Fsp3) is 0.619. The Kier molecular flexibility index (Phi) is 5.86. The number of hydrogen-bond acceptors (Lipinski definition) is 5. The molecule has 1 aliphatic rings. The van der Waals surface area contributed by atoms with Crippen LogP contribution in [0.5, 0.6) is 0 Å². The molecule has 1 unspecified atom stereocenters. The molecule has 6 nitrogen and oxygen atoms in total. The molecule has 0 aliphatic carbocycles. The van der Waals surface area contributed by atoms with Crippen molar-refractivity contribution in [3.63, 3.8) is 0 Å². The molecule has 148 valence electrons.